The zero-order chi connectivity index (χ0) is 12.1. The van der Waals surface area contributed by atoms with E-state index < -0.39 is 0 Å². The lowest BCUT2D eigenvalue weighted by Crippen LogP contribution is -2.33. The first kappa shape index (κ1) is 13.2. The first-order valence-electron chi connectivity index (χ1n) is 5.47. The maximum Gasteiger partial charge on any atom is 0.233 e. The molecule has 0 amide bonds. The summed E-state index contributed by atoms with van der Waals surface area (Å²) >= 11 is 1.32. The summed E-state index contributed by atoms with van der Waals surface area (Å²) in [4.78, 5) is 6.29. The molecule has 1 aromatic rings. The zero-order valence-corrected chi connectivity index (χ0v) is 11.2. The molecular weight excluding hydrogens is 222 g/mol. The molecule has 1 rings (SSSR count). The van der Waals surface area contributed by atoms with Gasteiger partial charge < -0.3 is 16.0 Å². The van der Waals surface area contributed by atoms with E-state index in [1.54, 1.807) is 0 Å². The van der Waals surface area contributed by atoms with E-state index in [2.05, 4.69) is 47.5 Å². The molecular formula is C10H21N5S. The molecule has 1 heterocycles. The lowest BCUT2D eigenvalue weighted by molar-refractivity contribution is 0.356. The van der Waals surface area contributed by atoms with Crippen LogP contribution in [0.1, 0.15) is 20.3 Å². The van der Waals surface area contributed by atoms with Gasteiger partial charge in [-0.05, 0) is 26.4 Å². The van der Waals surface area contributed by atoms with Gasteiger partial charge in [0.1, 0.15) is 0 Å². The molecule has 0 spiro atoms. The van der Waals surface area contributed by atoms with Crippen molar-refractivity contribution in [2.75, 3.05) is 31.7 Å². The highest BCUT2D eigenvalue weighted by Crippen LogP contribution is 2.16. The number of nitrogens with zero attached hydrogens (tertiary/aromatic N) is 3. The molecule has 6 heteroatoms. The summed E-state index contributed by atoms with van der Waals surface area (Å²) in [5.74, 6) is 1.00. The number of anilines is 2. The van der Waals surface area contributed by atoms with Gasteiger partial charge in [-0.15, -0.1) is 0 Å². The number of nitrogens with two attached hydrogens (primary N) is 1. The predicted octanol–water partition coefficient (Wildman–Crippen LogP) is 1.51. The van der Waals surface area contributed by atoms with Gasteiger partial charge in [0, 0.05) is 24.1 Å². The smallest absolute Gasteiger partial charge is 0.233 e. The van der Waals surface area contributed by atoms with Crippen molar-refractivity contribution in [3.8, 4) is 0 Å². The Morgan fingerprint density at radius 3 is 2.56 bits per heavy atom. The Kier molecular flexibility index (Phi) is 4.95. The van der Waals surface area contributed by atoms with Gasteiger partial charge in [0.15, 0.2) is 0 Å². The van der Waals surface area contributed by atoms with Crippen LogP contribution in [0, 0.1) is 5.92 Å². The maximum atomic E-state index is 5.49. The first-order chi connectivity index (χ1) is 7.47. The summed E-state index contributed by atoms with van der Waals surface area (Å²) in [6.07, 6.45) is 1.11. The van der Waals surface area contributed by atoms with Crippen molar-refractivity contribution in [3.63, 3.8) is 0 Å². The molecule has 3 N–H and O–H groups in total. The van der Waals surface area contributed by atoms with Crippen molar-refractivity contribution in [1.29, 1.82) is 0 Å². The minimum atomic E-state index is 0.348. The Morgan fingerprint density at radius 2 is 2.12 bits per heavy atom. The molecule has 1 unspecified atom stereocenters. The van der Waals surface area contributed by atoms with E-state index in [4.69, 9.17) is 5.73 Å². The second kappa shape index (κ2) is 6.00. The number of likely N-dealkylation sites (N-methyl/N-ethyl adjacent to an activating group) is 1. The van der Waals surface area contributed by atoms with Gasteiger partial charge in [-0.2, -0.15) is 9.36 Å². The summed E-state index contributed by atoms with van der Waals surface area (Å²) in [5, 5.41) is 4.20. The molecule has 16 heavy (non-hydrogen) atoms. The van der Waals surface area contributed by atoms with E-state index in [9.17, 15) is 0 Å². The van der Waals surface area contributed by atoms with Crippen LogP contribution in [0.3, 0.4) is 0 Å². The Labute approximate surface area is 101 Å². The first-order valence-corrected chi connectivity index (χ1v) is 6.25. The monoisotopic (exact) mass is 243 g/mol. The molecule has 0 aliphatic carbocycles. The van der Waals surface area contributed by atoms with Crippen molar-refractivity contribution in [3.05, 3.63) is 0 Å². The summed E-state index contributed by atoms with van der Waals surface area (Å²) in [5.41, 5.74) is 5.49. The largest absolute Gasteiger partial charge is 0.367 e. The summed E-state index contributed by atoms with van der Waals surface area (Å²) in [6.45, 7) is 5.43. The molecule has 0 aliphatic heterocycles. The number of hydrogen-bond acceptors (Lipinski definition) is 6. The van der Waals surface area contributed by atoms with Crippen molar-refractivity contribution < 1.29 is 0 Å². The number of nitrogen functional groups attached to an aromatic ring is 1. The van der Waals surface area contributed by atoms with E-state index in [1.807, 2.05) is 0 Å². The minimum Gasteiger partial charge on any atom is -0.367 e. The lowest BCUT2D eigenvalue weighted by Gasteiger charge is -2.23. The third-order valence-electron chi connectivity index (χ3n) is 2.11. The van der Waals surface area contributed by atoms with Crippen LogP contribution in [0.25, 0.3) is 0 Å². The number of hydrogen-bond donors (Lipinski definition) is 2. The molecule has 0 aliphatic rings. The van der Waals surface area contributed by atoms with Gasteiger partial charge in [0.25, 0.3) is 0 Å². The van der Waals surface area contributed by atoms with Gasteiger partial charge in [0.05, 0.1) is 0 Å². The topological polar surface area (TPSA) is 67.1 Å². The fourth-order valence-corrected chi connectivity index (χ4v) is 2.23. The Morgan fingerprint density at radius 1 is 1.44 bits per heavy atom. The van der Waals surface area contributed by atoms with E-state index in [0.717, 1.165) is 18.1 Å². The average Bonchev–Trinajstić information content (AvgIpc) is 2.48. The molecule has 0 saturated heterocycles. The Bertz CT molecular complexity index is 300. The number of aromatic nitrogens is 2. The molecule has 1 aromatic heterocycles. The SMILES string of the molecule is CC(C)CC(CN(C)C)Nc1nc(N)ns1. The van der Waals surface area contributed by atoms with Crippen molar-refractivity contribution in [2.45, 2.75) is 26.3 Å². The highest BCUT2D eigenvalue weighted by molar-refractivity contribution is 7.09. The fourth-order valence-electron chi connectivity index (χ4n) is 1.66. The van der Waals surface area contributed by atoms with Crippen LogP contribution >= 0.6 is 11.5 Å². The molecule has 5 nitrogen and oxygen atoms in total. The predicted molar refractivity (Wildman–Crippen MR) is 69.7 cm³/mol. The summed E-state index contributed by atoms with van der Waals surface area (Å²) in [7, 11) is 4.15. The van der Waals surface area contributed by atoms with Gasteiger partial charge in [0.2, 0.25) is 11.1 Å². The third kappa shape index (κ3) is 4.76. The summed E-state index contributed by atoms with van der Waals surface area (Å²) < 4.78 is 3.96. The Hall–Kier alpha value is -0.880. The van der Waals surface area contributed by atoms with E-state index >= 15 is 0 Å². The maximum absolute atomic E-state index is 5.49. The molecule has 92 valence electrons. The van der Waals surface area contributed by atoms with Crippen LogP contribution in [-0.4, -0.2) is 40.9 Å². The Balaban J connectivity index is 2.55. The van der Waals surface area contributed by atoms with Crippen LogP contribution in [0.5, 0.6) is 0 Å². The number of rotatable bonds is 6. The van der Waals surface area contributed by atoms with Crippen LogP contribution in [-0.2, 0) is 0 Å². The molecule has 0 aromatic carbocycles. The second-order valence-corrected chi connectivity index (χ2v) is 5.44. The van der Waals surface area contributed by atoms with E-state index in [1.165, 1.54) is 11.5 Å². The molecule has 0 saturated carbocycles. The third-order valence-corrected chi connectivity index (χ3v) is 2.77. The lowest BCUT2D eigenvalue weighted by atomic mass is 10.0. The van der Waals surface area contributed by atoms with Gasteiger partial charge in [-0.25, -0.2) is 0 Å². The molecule has 0 radical (unpaired) electrons. The molecule has 1 atom stereocenters. The highest BCUT2D eigenvalue weighted by Gasteiger charge is 2.13. The minimum absolute atomic E-state index is 0.348. The van der Waals surface area contributed by atoms with Gasteiger partial charge in [-0.3, -0.25) is 0 Å². The average molecular weight is 243 g/mol. The normalized spacial score (nSPS) is 13.4. The van der Waals surface area contributed by atoms with Crippen molar-refractivity contribution >= 4 is 22.6 Å². The summed E-state index contributed by atoms with van der Waals surface area (Å²) in [6, 6.07) is 0.391. The van der Waals surface area contributed by atoms with Crippen molar-refractivity contribution in [2.24, 2.45) is 5.92 Å². The fraction of sp³-hybridized carbons (Fsp3) is 0.800. The quantitative estimate of drug-likeness (QED) is 0.792. The van der Waals surface area contributed by atoms with E-state index in [0.29, 0.717) is 17.9 Å². The second-order valence-electron chi connectivity index (χ2n) is 4.69. The van der Waals surface area contributed by atoms with Crippen LogP contribution in [0.4, 0.5) is 11.1 Å². The van der Waals surface area contributed by atoms with Gasteiger partial charge >= 0.3 is 0 Å². The molecule has 0 bridgehead atoms. The van der Waals surface area contributed by atoms with E-state index in [-0.39, 0.29) is 0 Å². The zero-order valence-electron chi connectivity index (χ0n) is 10.4. The van der Waals surface area contributed by atoms with Crippen LogP contribution in [0.2, 0.25) is 0 Å². The van der Waals surface area contributed by atoms with Crippen molar-refractivity contribution in [1.82, 2.24) is 14.3 Å². The van der Waals surface area contributed by atoms with Gasteiger partial charge in [-0.1, -0.05) is 13.8 Å². The highest BCUT2D eigenvalue weighted by atomic mass is 32.1. The van der Waals surface area contributed by atoms with Crippen LogP contribution < -0.4 is 11.1 Å². The molecule has 0 fully saturated rings. The standard InChI is InChI=1S/C10H21N5S/c1-7(2)5-8(6-15(3)4)12-10-13-9(11)14-16-10/h7-8H,5-6H2,1-4H3,(H3,11,12,13,14). The van der Waals surface area contributed by atoms with Crippen LogP contribution in [0.15, 0.2) is 0 Å². The number of nitrogens with one attached hydrogen (secondary N) is 1.